The van der Waals surface area contributed by atoms with E-state index in [-0.39, 0.29) is 0 Å². The Morgan fingerprint density at radius 2 is 1.88 bits per heavy atom. The maximum atomic E-state index is 10.9. The Labute approximate surface area is 91.3 Å². The van der Waals surface area contributed by atoms with Gasteiger partial charge in [-0.15, -0.1) is 0 Å². The molecule has 4 nitrogen and oxygen atoms in total. The van der Waals surface area contributed by atoms with Gasteiger partial charge in [-0.1, -0.05) is 24.3 Å². The molecule has 0 aliphatic rings. The van der Waals surface area contributed by atoms with E-state index in [1.165, 1.54) is 10.9 Å². The lowest BCUT2D eigenvalue weighted by Gasteiger charge is -1.95. The summed E-state index contributed by atoms with van der Waals surface area (Å²) >= 11 is 0. The van der Waals surface area contributed by atoms with Crippen molar-refractivity contribution in [1.29, 1.82) is 0 Å². The molecule has 2 aromatic carbocycles. The highest BCUT2D eigenvalue weighted by atomic mass is 16.6. The van der Waals surface area contributed by atoms with Gasteiger partial charge in [-0.05, 0) is 21.5 Å². The lowest BCUT2D eigenvalue weighted by Crippen LogP contribution is -2.31. The molecule has 0 atom stereocenters. The van der Waals surface area contributed by atoms with E-state index >= 15 is 0 Å². The third kappa shape index (κ3) is 1.40. The van der Waals surface area contributed by atoms with Gasteiger partial charge < -0.3 is 9.63 Å². The summed E-state index contributed by atoms with van der Waals surface area (Å²) in [7, 11) is 0. The summed E-state index contributed by atoms with van der Waals surface area (Å²) in [6.45, 7) is 0. The van der Waals surface area contributed by atoms with Crippen molar-refractivity contribution in [2.45, 2.75) is 0 Å². The van der Waals surface area contributed by atoms with Crippen molar-refractivity contribution in [3.05, 3.63) is 48.7 Å². The second-order valence-corrected chi connectivity index (χ2v) is 3.50. The van der Waals surface area contributed by atoms with E-state index in [1.54, 1.807) is 0 Å². The van der Waals surface area contributed by atoms with Crippen molar-refractivity contribution in [3.8, 4) is 11.6 Å². The Balaban J connectivity index is 2.18. The molecule has 4 heteroatoms. The first-order valence-electron chi connectivity index (χ1n) is 4.88. The minimum Gasteiger partial charge on any atom is -0.539 e. The topological polar surface area (TPSA) is 53.0 Å². The molecule has 0 N–H and O–H groups in total. The molecule has 0 aliphatic carbocycles. The van der Waals surface area contributed by atoms with Crippen molar-refractivity contribution in [2.24, 2.45) is 0 Å². The molecule has 0 saturated heterocycles. The van der Waals surface area contributed by atoms with E-state index < -0.39 is 5.95 Å². The fraction of sp³-hybridized carbons (Fsp3) is 0. The molecule has 1 aromatic heterocycles. The van der Waals surface area contributed by atoms with E-state index in [2.05, 4.69) is 9.79 Å². The second kappa shape index (κ2) is 3.34. The first kappa shape index (κ1) is 8.91. The SMILES string of the molecule is [O-]c1c[n+](-c2ccc3ccccc3c2)no1. The first-order valence-corrected chi connectivity index (χ1v) is 4.88. The molecule has 0 saturated carbocycles. The molecular weight excluding hydrogens is 204 g/mol. The Bertz CT molecular complexity index is 646. The summed E-state index contributed by atoms with van der Waals surface area (Å²) < 4.78 is 5.91. The molecule has 16 heavy (non-hydrogen) atoms. The van der Waals surface area contributed by atoms with E-state index in [0.29, 0.717) is 0 Å². The van der Waals surface area contributed by atoms with Crippen LogP contribution < -0.4 is 9.79 Å². The number of hydrogen-bond donors (Lipinski definition) is 0. The third-order valence-corrected chi connectivity index (χ3v) is 2.44. The van der Waals surface area contributed by atoms with Crippen LogP contribution in [-0.2, 0) is 0 Å². The second-order valence-electron chi connectivity index (χ2n) is 3.50. The number of aromatic nitrogens is 2. The Hall–Kier alpha value is -2.36. The summed E-state index contributed by atoms with van der Waals surface area (Å²) in [5, 5.41) is 16.7. The Morgan fingerprint density at radius 1 is 1.06 bits per heavy atom. The van der Waals surface area contributed by atoms with Crippen molar-refractivity contribution >= 4 is 10.8 Å². The summed E-state index contributed by atoms with van der Waals surface area (Å²) in [6.07, 6.45) is 1.31. The van der Waals surface area contributed by atoms with Crippen molar-refractivity contribution < 1.29 is 14.3 Å². The summed E-state index contributed by atoms with van der Waals surface area (Å²) in [4.78, 5) is 0. The van der Waals surface area contributed by atoms with E-state index in [9.17, 15) is 5.11 Å². The van der Waals surface area contributed by atoms with Crippen LogP contribution in [0.15, 0.2) is 53.2 Å². The lowest BCUT2D eigenvalue weighted by molar-refractivity contribution is -0.670. The van der Waals surface area contributed by atoms with Gasteiger partial charge in [0.05, 0.1) is 5.27 Å². The van der Waals surface area contributed by atoms with Gasteiger partial charge >= 0.3 is 0 Å². The lowest BCUT2D eigenvalue weighted by atomic mass is 10.1. The van der Waals surface area contributed by atoms with E-state index in [0.717, 1.165) is 16.5 Å². The van der Waals surface area contributed by atoms with Gasteiger partial charge in [-0.3, -0.25) is 0 Å². The van der Waals surface area contributed by atoms with Crippen molar-refractivity contribution in [1.82, 2.24) is 5.27 Å². The molecule has 0 amide bonds. The first-order chi connectivity index (χ1) is 7.83. The highest BCUT2D eigenvalue weighted by Gasteiger charge is 2.09. The fourth-order valence-electron chi connectivity index (χ4n) is 1.67. The molecule has 1 heterocycles. The van der Waals surface area contributed by atoms with Crippen LogP contribution in [-0.4, -0.2) is 5.27 Å². The molecule has 0 aliphatic heterocycles. The predicted molar refractivity (Wildman–Crippen MR) is 55.0 cm³/mol. The van der Waals surface area contributed by atoms with Crippen LogP contribution in [0.25, 0.3) is 16.5 Å². The Morgan fingerprint density at radius 3 is 2.62 bits per heavy atom. The van der Waals surface area contributed by atoms with Crippen molar-refractivity contribution in [2.75, 3.05) is 0 Å². The smallest absolute Gasteiger partial charge is 0.239 e. The maximum Gasteiger partial charge on any atom is 0.239 e. The zero-order valence-corrected chi connectivity index (χ0v) is 8.33. The van der Waals surface area contributed by atoms with Gasteiger partial charge in [0.15, 0.2) is 0 Å². The Kier molecular flexibility index (Phi) is 1.86. The molecule has 3 aromatic rings. The maximum absolute atomic E-state index is 10.9. The molecule has 3 rings (SSSR count). The van der Waals surface area contributed by atoms with Crippen LogP contribution in [0.2, 0.25) is 0 Å². The van der Waals surface area contributed by atoms with Gasteiger partial charge in [-0.25, -0.2) is 0 Å². The van der Waals surface area contributed by atoms with Crippen LogP contribution in [0.3, 0.4) is 0 Å². The zero-order chi connectivity index (χ0) is 11.0. The van der Waals surface area contributed by atoms with E-state index in [4.69, 9.17) is 0 Å². The number of hydrogen-bond acceptors (Lipinski definition) is 3. The predicted octanol–water partition coefficient (Wildman–Crippen LogP) is 1.18. The normalized spacial score (nSPS) is 10.8. The van der Waals surface area contributed by atoms with Gasteiger partial charge in [0, 0.05) is 12.1 Å². The van der Waals surface area contributed by atoms with Crippen LogP contribution in [0.5, 0.6) is 5.95 Å². The fourth-order valence-corrected chi connectivity index (χ4v) is 1.67. The largest absolute Gasteiger partial charge is 0.539 e. The minimum atomic E-state index is -0.451. The monoisotopic (exact) mass is 212 g/mol. The molecule has 0 fully saturated rings. The van der Waals surface area contributed by atoms with Gasteiger partial charge in [0.25, 0.3) is 0 Å². The van der Waals surface area contributed by atoms with E-state index in [1.807, 2.05) is 42.5 Å². The molecule has 78 valence electrons. The quantitative estimate of drug-likeness (QED) is 0.569. The number of fused-ring (bicyclic) bond motifs is 1. The minimum absolute atomic E-state index is 0.451. The summed E-state index contributed by atoms with van der Waals surface area (Å²) in [6, 6.07) is 13.8. The third-order valence-electron chi connectivity index (χ3n) is 2.44. The van der Waals surface area contributed by atoms with Crippen LogP contribution in [0.4, 0.5) is 0 Å². The number of nitrogens with zero attached hydrogens (tertiary/aromatic N) is 2. The average Bonchev–Trinajstić information content (AvgIpc) is 2.75. The van der Waals surface area contributed by atoms with Crippen LogP contribution in [0, 0.1) is 0 Å². The van der Waals surface area contributed by atoms with Crippen LogP contribution in [0.1, 0.15) is 0 Å². The molecule has 0 unspecified atom stereocenters. The highest BCUT2D eigenvalue weighted by molar-refractivity contribution is 5.83. The number of benzene rings is 2. The zero-order valence-electron chi connectivity index (χ0n) is 8.33. The van der Waals surface area contributed by atoms with Crippen LogP contribution >= 0.6 is 0 Å². The van der Waals surface area contributed by atoms with Gasteiger partial charge in [-0.2, -0.15) is 0 Å². The molecule has 0 spiro atoms. The summed E-state index contributed by atoms with van der Waals surface area (Å²) in [5.41, 5.74) is 0.810. The standard InChI is InChI=1S/C12H8N2O2/c15-12-8-14(13-16-12)11-6-5-9-3-1-2-4-10(9)7-11/h1-8H. The molecule has 0 radical (unpaired) electrons. The van der Waals surface area contributed by atoms with Crippen molar-refractivity contribution in [3.63, 3.8) is 0 Å². The summed E-state index contributed by atoms with van der Waals surface area (Å²) in [5.74, 6) is -0.451. The number of rotatable bonds is 1. The van der Waals surface area contributed by atoms with Gasteiger partial charge in [0.1, 0.15) is 5.95 Å². The molecular formula is C12H8N2O2. The highest BCUT2D eigenvalue weighted by Crippen LogP contribution is 2.15. The average molecular weight is 212 g/mol. The van der Waals surface area contributed by atoms with Gasteiger partial charge in [0.2, 0.25) is 11.9 Å². The molecule has 0 bridgehead atoms.